The van der Waals surface area contributed by atoms with Crippen LogP contribution in [0.2, 0.25) is 0 Å². The summed E-state index contributed by atoms with van der Waals surface area (Å²) in [5.74, 6) is 0.863. The molecule has 0 spiro atoms. The fourth-order valence-electron chi connectivity index (χ4n) is 4.68. The first-order chi connectivity index (χ1) is 12.6. The van der Waals surface area contributed by atoms with Crippen molar-refractivity contribution in [3.63, 3.8) is 0 Å². The normalized spacial score (nSPS) is 25.2. The molecule has 1 aromatic carbocycles. The molecule has 26 heavy (non-hydrogen) atoms. The summed E-state index contributed by atoms with van der Waals surface area (Å²) in [6, 6.07) is 6.99. The number of benzene rings is 1. The van der Waals surface area contributed by atoms with Crippen molar-refractivity contribution in [1.29, 1.82) is 0 Å². The van der Waals surface area contributed by atoms with Crippen molar-refractivity contribution in [3.05, 3.63) is 30.0 Å². The summed E-state index contributed by atoms with van der Waals surface area (Å²) in [5.41, 5.74) is 1.33. The van der Waals surface area contributed by atoms with Gasteiger partial charge in [0.2, 0.25) is 0 Å². The minimum atomic E-state index is -0.480. The van der Waals surface area contributed by atoms with Crippen molar-refractivity contribution < 1.29 is 19.1 Å². The number of carbonyl (C=O) groups is 2. The predicted molar refractivity (Wildman–Crippen MR) is 97.1 cm³/mol. The highest BCUT2D eigenvalue weighted by Crippen LogP contribution is 2.41. The van der Waals surface area contributed by atoms with Crippen LogP contribution in [0.5, 0.6) is 5.75 Å². The molecule has 1 amide bonds. The molecule has 1 N–H and O–H groups in total. The summed E-state index contributed by atoms with van der Waals surface area (Å²) >= 11 is 0. The number of methoxy groups -OCH3 is 2. The number of H-pyrrole nitrogens is 1. The Kier molecular flexibility index (Phi) is 4.34. The Morgan fingerprint density at radius 3 is 2.77 bits per heavy atom. The first-order valence-corrected chi connectivity index (χ1v) is 9.18. The van der Waals surface area contributed by atoms with Gasteiger partial charge in [0.25, 0.3) is 5.91 Å². The smallest absolute Gasteiger partial charge is 0.328 e. The number of carbonyl (C=O) groups excluding carboxylic acids is 2. The van der Waals surface area contributed by atoms with E-state index in [2.05, 4.69) is 4.98 Å². The Balaban J connectivity index is 1.69. The summed E-state index contributed by atoms with van der Waals surface area (Å²) in [4.78, 5) is 30.6. The van der Waals surface area contributed by atoms with Crippen LogP contribution in [-0.2, 0) is 9.53 Å². The van der Waals surface area contributed by atoms with Crippen LogP contribution in [0.25, 0.3) is 10.9 Å². The van der Waals surface area contributed by atoms with E-state index in [1.807, 2.05) is 24.3 Å². The number of rotatable bonds is 3. The van der Waals surface area contributed by atoms with Gasteiger partial charge >= 0.3 is 5.97 Å². The van der Waals surface area contributed by atoms with Gasteiger partial charge in [-0.3, -0.25) is 4.79 Å². The maximum absolute atomic E-state index is 13.2. The SMILES string of the molecule is COC(=O)[C@@H]1[C@H]2CCCC[C@H]2CN1C(=O)c1cc2c(OC)cccc2[nH]1. The lowest BCUT2D eigenvalue weighted by Crippen LogP contribution is -2.44. The van der Waals surface area contributed by atoms with Gasteiger partial charge in [-0.05, 0) is 42.9 Å². The Bertz CT molecular complexity index is 843. The Labute approximate surface area is 152 Å². The number of nitrogens with one attached hydrogen (secondary N) is 1. The fourth-order valence-corrected chi connectivity index (χ4v) is 4.68. The lowest BCUT2D eigenvalue weighted by atomic mass is 9.78. The average Bonchev–Trinajstić information content (AvgIpc) is 3.28. The maximum Gasteiger partial charge on any atom is 0.328 e. The molecular formula is C20H24N2O4. The molecule has 1 saturated heterocycles. The number of aromatic nitrogens is 1. The lowest BCUT2D eigenvalue weighted by Gasteiger charge is -2.28. The van der Waals surface area contributed by atoms with E-state index in [1.54, 1.807) is 12.0 Å². The Morgan fingerprint density at radius 2 is 2.00 bits per heavy atom. The van der Waals surface area contributed by atoms with E-state index in [0.29, 0.717) is 18.2 Å². The number of hydrogen-bond donors (Lipinski definition) is 1. The molecule has 6 nitrogen and oxygen atoms in total. The van der Waals surface area contributed by atoms with Gasteiger partial charge in [-0.25, -0.2) is 4.79 Å². The number of nitrogens with zero attached hydrogens (tertiary/aromatic N) is 1. The molecule has 0 bridgehead atoms. The van der Waals surface area contributed by atoms with E-state index in [4.69, 9.17) is 9.47 Å². The molecule has 6 heteroatoms. The van der Waals surface area contributed by atoms with E-state index in [0.717, 1.165) is 35.9 Å². The van der Waals surface area contributed by atoms with Gasteiger partial charge in [0, 0.05) is 17.4 Å². The highest BCUT2D eigenvalue weighted by Gasteiger charge is 2.49. The molecule has 3 atom stereocenters. The Morgan fingerprint density at radius 1 is 1.19 bits per heavy atom. The average molecular weight is 356 g/mol. The van der Waals surface area contributed by atoms with Gasteiger partial charge in [-0.1, -0.05) is 18.9 Å². The van der Waals surface area contributed by atoms with Crippen molar-refractivity contribution in [3.8, 4) is 5.75 Å². The number of amides is 1. The first-order valence-electron chi connectivity index (χ1n) is 9.18. The minimum Gasteiger partial charge on any atom is -0.496 e. The first kappa shape index (κ1) is 16.9. The van der Waals surface area contributed by atoms with Crippen molar-refractivity contribution in [2.24, 2.45) is 11.8 Å². The zero-order valence-corrected chi connectivity index (χ0v) is 15.2. The molecule has 2 heterocycles. The minimum absolute atomic E-state index is 0.145. The third kappa shape index (κ3) is 2.64. The van der Waals surface area contributed by atoms with E-state index >= 15 is 0 Å². The molecule has 2 aliphatic rings. The van der Waals surface area contributed by atoms with Gasteiger partial charge < -0.3 is 19.4 Å². The van der Waals surface area contributed by atoms with E-state index in [9.17, 15) is 9.59 Å². The van der Waals surface area contributed by atoms with Crippen LogP contribution in [0.15, 0.2) is 24.3 Å². The molecule has 0 radical (unpaired) electrons. The second kappa shape index (κ2) is 6.67. The number of ether oxygens (including phenoxy) is 2. The van der Waals surface area contributed by atoms with Crippen molar-refractivity contribution >= 4 is 22.8 Å². The third-order valence-electron chi connectivity index (χ3n) is 5.92. The molecule has 1 saturated carbocycles. The van der Waals surface area contributed by atoms with Crippen LogP contribution in [-0.4, -0.2) is 48.6 Å². The number of esters is 1. The fraction of sp³-hybridized carbons (Fsp3) is 0.500. The van der Waals surface area contributed by atoms with Crippen LogP contribution in [0.1, 0.15) is 36.2 Å². The van der Waals surface area contributed by atoms with Gasteiger partial charge in [-0.15, -0.1) is 0 Å². The van der Waals surface area contributed by atoms with Crippen LogP contribution in [0, 0.1) is 11.8 Å². The molecule has 1 aliphatic carbocycles. The zero-order chi connectivity index (χ0) is 18.3. The predicted octanol–water partition coefficient (Wildman–Crippen LogP) is 2.98. The molecule has 2 fully saturated rings. The molecular weight excluding hydrogens is 332 g/mol. The van der Waals surface area contributed by atoms with Crippen LogP contribution < -0.4 is 4.74 Å². The van der Waals surface area contributed by atoms with Gasteiger partial charge in [0.1, 0.15) is 17.5 Å². The highest BCUT2D eigenvalue weighted by molar-refractivity contribution is 6.01. The standard InChI is InChI=1S/C20H24N2O4/c1-25-17-9-5-8-15-14(17)10-16(21-15)19(23)22-11-12-6-3-4-7-13(12)18(22)20(24)26-2/h5,8-10,12-13,18,21H,3-4,6-7,11H2,1-2H3/t12-,13-,18-/m0/s1. The molecule has 0 unspecified atom stereocenters. The molecule has 138 valence electrons. The number of hydrogen-bond acceptors (Lipinski definition) is 4. The largest absolute Gasteiger partial charge is 0.496 e. The van der Waals surface area contributed by atoms with Gasteiger partial charge in [0.05, 0.1) is 14.2 Å². The van der Waals surface area contributed by atoms with Crippen molar-refractivity contribution in [1.82, 2.24) is 9.88 Å². The van der Waals surface area contributed by atoms with Gasteiger partial charge in [0.15, 0.2) is 0 Å². The van der Waals surface area contributed by atoms with E-state index in [-0.39, 0.29) is 17.8 Å². The molecule has 1 aromatic heterocycles. The number of aromatic amines is 1. The highest BCUT2D eigenvalue weighted by atomic mass is 16.5. The van der Waals surface area contributed by atoms with Crippen molar-refractivity contribution in [2.45, 2.75) is 31.7 Å². The molecule has 1 aliphatic heterocycles. The topological polar surface area (TPSA) is 71.6 Å². The van der Waals surface area contributed by atoms with Crippen LogP contribution >= 0.6 is 0 Å². The maximum atomic E-state index is 13.2. The monoisotopic (exact) mass is 356 g/mol. The van der Waals surface area contributed by atoms with Crippen molar-refractivity contribution in [2.75, 3.05) is 20.8 Å². The summed E-state index contributed by atoms with van der Waals surface area (Å²) in [6.07, 6.45) is 4.33. The quantitative estimate of drug-likeness (QED) is 0.858. The second-order valence-corrected chi connectivity index (χ2v) is 7.24. The lowest BCUT2D eigenvalue weighted by molar-refractivity contribution is -0.146. The zero-order valence-electron chi connectivity index (χ0n) is 15.2. The second-order valence-electron chi connectivity index (χ2n) is 7.24. The third-order valence-corrected chi connectivity index (χ3v) is 5.92. The number of fused-ring (bicyclic) bond motifs is 2. The Hall–Kier alpha value is -2.50. The molecule has 4 rings (SSSR count). The van der Waals surface area contributed by atoms with E-state index < -0.39 is 6.04 Å². The summed E-state index contributed by atoms with van der Waals surface area (Å²) in [7, 11) is 3.01. The summed E-state index contributed by atoms with van der Waals surface area (Å²) in [6.45, 7) is 0.621. The summed E-state index contributed by atoms with van der Waals surface area (Å²) < 4.78 is 10.4. The molecule has 2 aromatic rings. The summed E-state index contributed by atoms with van der Waals surface area (Å²) in [5, 5.41) is 0.865. The van der Waals surface area contributed by atoms with E-state index in [1.165, 1.54) is 13.5 Å². The number of likely N-dealkylation sites (tertiary alicyclic amines) is 1. The van der Waals surface area contributed by atoms with Crippen LogP contribution in [0.3, 0.4) is 0 Å². The van der Waals surface area contributed by atoms with Gasteiger partial charge in [-0.2, -0.15) is 0 Å². The van der Waals surface area contributed by atoms with Crippen LogP contribution in [0.4, 0.5) is 0 Å².